The van der Waals surface area contributed by atoms with E-state index in [9.17, 15) is 5.21 Å². The van der Waals surface area contributed by atoms with Crippen molar-refractivity contribution in [3.63, 3.8) is 0 Å². The first-order valence-electron chi connectivity index (χ1n) is 3.64. The molecule has 0 aliphatic rings. The predicted octanol–water partition coefficient (Wildman–Crippen LogP) is 1.49. The molecule has 0 atom stereocenters. The summed E-state index contributed by atoms with van der Waals surface area (Å²) in [5.41, 5.74) is 2.00. The standard InChI is InChI=1S/C9H11NO2/c1-8-3-5-9(6-4-8)7-10(11)12-2/h3-7H,1-2H3/b10-7+. The molecule has 0 amide bonds. The maximum absolute atomic E-state index is 10.7. The van der Waals surface area contributed by atoms with Crippen LogP contribution < -0.4 is 0 Å². The topological polar surface area (TPSA) is 35.3 Å². The highest BCUT2D eigenvalue weighted by molar-refractivity contribution is 5.75. The summed E-state index contributed by atoms with van der Waals surface area (Å²) in [4.78, 5) is 4.83. The molecule has 0 unspecified atom stereocenters. The quantitative estimate of drug-likeness (QED) is 0.378. The number of rotatable bonds is 2. The summed E-state index contributed by atoms with van der Waals surface area (Å²) in [7, 11) is 1.33. The monoisotopic (exact) mass is 165 g/mol. The second kappa shape index (κ2) is 3.76. The molecule has 64 valence electrons. The van der Waals surface area contributed by atoms with Crippen molar-refractivity contribution in [1.82, 2.24) is 0 Å². The SMILES string of the molecule is CO/[N+]([O-])=C/c1ccc(C)cc1. The number of aryl methyl sites for hydroxylation is 1. The van der Waals surface area contributed by atoms with Gasteiger partial charge >= 0.3 is 0 Å². The molecule has 0 saturated carbocycles. The molecule has 0 fully saturated rings. The van der Waals surface area contributed by atoms with Crippen LogP contribution in [0, 0.1) is 12.1 Å². The summed E-state index contributed by atoms with van der Waals surface area (Å²) in [6, 6.07) is 7.60. The van der Waals surface area contributed by atoms with Crippen LogP contribution in [0.4, 0.5) is 0 Å². The first kappa shape index (κ1) is 8.59. The van der Waals surface area contributed by atoms with Crippen molar-refractivity contribution in [3.8, 4) is 0 Å². The Morgan fingerprint density at radius 2 is 1.92 bits per heavy atom. The third kappa shape index (κ3) is 2.27. The van der Waals surface area contributed by atoms with E-state index in [1.807, 2.05) is 31.2 Å². The molecular formula is C9H11NO2. The second-order valence-corrected chi connectivity index (χ2v) is 2.51. The lowest BCUT2D eigenvalue weighted by Crippen LogP contribution is -2.02. The lowest BCUT2D eigenvalue weighted by Gasteiger charge is -1.96. The van der Waals surface area contributed by atoms with Gasteiger partial charge in [0.1, 0.15) is 0 Å². The summed E-state index contributed by atoms with van der Waals surface area (Å²) in [5.74, 6) is 0. The van der Waals surface area contributed by atoms with Gasteiger partial charge in [-0.1, -0.05) is 17.7 Å². The minimum Gasteiger partial charge on any atom is -0.407 e. The first-order chi connectivity index (χ1) is 5.72. The lowest BCUT2D eigenvalue weighted by molar-refractivity contribution is -0.729. The number of benzene rings is 1. The largest absolute Gasteiger partial charge is 0.407 e. The average molecular weight is 165 g/mol. The van der Waals surface area contributed by atoms with Gasteiger partial charge in [-0.2, -0.15) is 0 Å². The van der Waals surface area contributed by atoms with Crippen LogP contribution in [0.3, 0.4) is 0 Å². The summed E-state index contributed by atoms with van der Waals surface area (Å²) >= 11 is 0. The van der Waals surface area contributed by atoms with Gasteiger partial charge in [-0.15, -0.1) is 0 Å². The van der Waals surface area contributed by atoms with E-state index in [1.165, 1.54) is 18.9 Å². The van der Waals surface area contributed by atoms with Gasteiger partial charge in [0.15, 0.2) is 0 Å². The van der Waals surface area contributed by atoms with E-state index in [-0.39, 0.29) is 0 Å². The average Bonchev–Trinajstić information content (AvgIpc) is 2.09. The van der Waals surface area contributed by atoms with Crippen LogP contribution >= 0.6 is 0 Å². The number of nitrogens with zero attached hydrogens (tertiary/aromatic N) is 1. The van der Waals surface area contributed by atoms with Gasteiger partial charge in [-0.05, 0) is 19.1 Å². The molecule has 12 heavy (non-hydrogen) atoms. The Labute approximate surface area is 71.4 Å². The molecule has 1 aromatic carbocycles. The van der Waals surface area contributed by atoms with Crippen molar-refractivity contribution >= 4 is 6.21 Å². The van der Waals surface area contributed by atoms with Crippen molar-refractivity contribution in [2.75, 3.05) is 7.11 Å². The zero-order valence-corrected chi connectivity index (χ0v) is 7.15. The number of hydrogen-bond acceptors (Lipinski definition) is 2. The Morgan fingerprint density at radius 3 is 2.42 bits per heavy atom. The van der Waals surface area contributed by atoms with Crippen LogP contribution in [0.25, 0.3) is 0 Å². The molecule has 1 rings (SSSR count). The van der Waals surface area contributed by atoms with Crippen molar-refractivity contribution in [1.29, 1.82) is 0 Å². The molecule has 0 saturated heterocycles. The van der Waals surface area contributed by atoms with Gasteiger partial charge in [0.25, 0.3) is 0 Å². The molecule has 0 aromatic heterocycles. The van der Waals surface area contributed by atoms with E-state index < -0.39 is 0 Å². The smallest absolute Gasteiger partial charge is 0.240 e. The van der Waals surface area contributed by atoms with Crippen LogP contribution in [0.2, 0.25) is 0 Å². The molecular weight excluding hydrogens is 154 g/mol. The summed E-state index contributed by atoms with van der Waals surface area (Å²) in [5, 5.41) is 10.7. The van der Waals surface area contributed by atoms with Crippen LogP contribution in [-0.2, 0) is 4.84 Å². The third-order valence-corrected chi connectivity index (χ3v) is 1.51. The van der Waals surface area contributed by atoms with Crippen LogP contribution in [-0.4, -0.2) is 18.2 Å². The van der Waals surface area contributed by atoms with Gasteiger partial charge < -0.3 is 4.84 Å². The molecule has 0 spiro atoms. The summed E-state index contributed by atoms with van der Waals surface area (Å²) in [6.45, 7) is 2.00. The normalized spacial score (nSPS) is 11.3. The molecule has 0 aliphatic heterocycles. The van der Waals surface area contributed by atoms with Crippen molar-refractivity contribution in [2.45, 2.75) is 6.92 Å². The molecule has 1 aromatic rings. The maximum atomic E-state index is 10.7. The molecule has 0 aliphatic carbocycles. The van der Waals surface area contributed by atoms with E-state index in [0.29, 0.717) is 4.90 Å². The minimum absolute atomic E-state index is 0.421. The fourth-order valence-electron chi connectivity index (χ4n) is 0.827. The molecule has 3 heteroatoms. The molecule has 0 bridgehead atoms. The van der Waals surface area contributed by atoms with Gasteiger partial charge in [-0.25, -0.2) is 0 Å². The predicted molar refractivity (Wildman–Crippen MR) is 47.0 cm³/mol. The van der Waals surface area contributed by atoms with Gasteiger partial charge in [0.05, 0.1) is 0 Å². The van der Waals surface area contributed by atoms with Gasteiger partial charge in [-0.3, -0.25) is 5.21 Å². The highest BCUT2D eigenvalue weighted by Gasteiger charge is 1.93. The van der Waals surface area contributed by atoms with Gasteiger partial charge in [0.2, 0.25) is 6.21 Å². The van der Waals surface area contributed by atoms with E-state index >= 15 is 0 Å². The third-order valence-electron chi connectivity index (χ3n) is 1.51. The molecule has 0 heterocycles. The highest BCUT2D eigenvalue weighted by Crippen LogP contribution is 1.99. The van der Waals surface area contributed by atoms with Crippen molar-refractivity contribution in [2.24, 2.45) is 0 Å². The fraction of sp³-hybridized carbons (Fsp3) is 0.222. The Morgan fingerprint density at radius 1 is 1.33 bits per heavy atom. The van der Waals surface area contributed by atoms with Crippen molar-refractivity contribution in [3.05, 3.63) is 40.6 Å². The Kier molecular flexibility index (Phi) is 2.69. The van der Waals surface area contributed by atoms with Crippen molar-refractivity contribution < 1.29 is 9.74 Å². The van der Waals surface area contributed by atoms with E-state index in [1.54, 1.807) is 0 Å². The Hall–Kier alpha value is -1.51. The maximum Gasteiger partial charge on any atom is 0.240 e. The van der Waals surface area contributed by atoms with Crippen LogP contribution in [0.1, 0.15) is 11.1 Å². The van der Waals surface area contributed by atoms with E-state index in [2.05, 4.69) is 4.84 Å². The summed E-state index contributed by atoms with van der Waals surface area (Å²) < 4.78 is 0. The van der Waals surface area contributed by atoms with E-state index in [0.717, 1.165) is 5.56 Å². The van der Waals surface area contributed by atoms with Gasteiger partial charge in [0, 0.05) is 17.6 Å². The van der Waals surface area contributed by atoms with E-state index in [4.69, 9.17) is 0 Å². The highest BCUT2D eigenvalue weighted by atomic mass is 16.8. The minimum atomic E-state index is 0.421. The van der Waals surface area contributed by atoms with Crippen LogP contribution in [0.15, 0.2) is 24.3 Å². The summed E-state index contributed by atoms with van der Waals surface area (Å²) in [6.07, 6.45) is 1.37. The lowest BCUT2D eigenvalue weighted by atomic mass is 10.2. The number of hydrogen-bond donors (Lipinski definition) is 0. The Balaban J connectivity index is 2.84. The zero-order chi connectivity index (χ0) is 8.97. The first-order valence-corrected chi connectivity index (χ1v) is 3.64. The Bertz CT molecular complexity index is 277. The second-order valence-electron chi connectivity index (χ2n) is 2.51. The molecule has 3 nitrogen and oxygen atoms in total. The van der Waals surface area contributed by atoms with Crippen LogP contribution in [0.5, 0.6) is 0 Å². The fourth-order valence-corrected chi connectivity index (χ4v) is 0.827. The molecule has 0 radical (unpaired) electrons. The zero-order valence-electron chi connectivity index (χ0n) is 7.15. The molecule has 0 N–H and O–H groups in total.